The Morgan fingerprint density at radius 1 is 1.35 bits per heavy atom. The molecule has 144 valence electrons. The molecule has 1 heterocycles. The number of carbonyl (C=O) groups is 1. The van der Waals surface area contributed by atoms with E-state index in [4.69, 9.17) is 11.6 Å². The van der Waals surface area contributed by atoms with Gasteiger partial charge in [0, 0.05) is 50.6 Å². The summed E-state index contributed by atoms with van der Waals surface area (Å²) in [4.78, 5) is 18.3. The number of amides is 1. The summed E-state index contributed by atoms with van der Waals surface area (Å²) in [5.74, 6) is 2.12. The maximum Gasteiger partial charge on any atom is 0.220 e. The molecule has 1 aliphatic carbocycles. The molecule has 26 heavy (non-hydrogen) atoms. The summed E-state index contributed by atoms with van der Waals surface area (Å²) in [6, 6.07) is 8.56. The fourth-order valence-corrected chi connectivity index (χ4v) is 3.84. The SMILES string of the molecule is CN=C(NC1CC1c1cccc(Cl)c1)N1CCC(CC(=O)NC)CC1.I. The van der Waals surface area contributed by atoms with Gasteiger partial charge in [-0.25, -0.2) is 0 Å². The van der Waals surface area contributed by atoms with Gasteiger partial charge in [0.2, 0.25) is 5.91 Å². The van der Waals surface area contributed by atoms with Crippen molar-refractivity contribution < 1.29 is 4.79 Å². The molecule has 5 nitrogen and oxygen atoms in total. The van der Waals surface area contributed by atoms with Crippen molar-refractivity contribution >= 4 is 47.4 Å². The van der Waals surface area contributed by atoms with Gasteiger partial charge in [-0.05, 0) is 42.9 Å². The van der Waals surface area contributed by atoms with Gasteiger partial charge in [0.25, 0.3) is 0 Å². The average Bonchev–Trinajstić information content (AvgIpc) is 3.40. The lowest BCUT2D eigenvalue weighted by atomic mass is 9.93. The maximum atomic E-state index is 11.5. The van der Waals surface area contributed by atoms with E-state index in [0.29, 0.717) is 24.3 Å². The van der Waals surface area contributed by atoms with E-state index >= 15 is 0 Å². The summed E-state index contributed by atoms with van der Waals surface area (Å²) in [6.45, 7) is 1.91. The zero-order chi connectivity index (χ0) is 17.8. The third kappa shape index (κ3) is 5.49. The smallest absolute Gasteiger partial charge is 0.220 e. The topological polar surface area (TPSA) is 56.7 Å². The molecule has 2 N–H and O–H groups in total. The lowest BCUT2D eigenvalue weighted by Gasteiger charge is -2.34. The Morgan fingerprint density at radius 3 is 2.69 bits per heavy atom. The Hall–Kier alpha value is -1.02. The van der Waals surface area contributed by atoms with Gasteiger partial charge < -0.3 is 15.5 Å². The largest absolute Gasteiger partial charge is 0.359 e. The number of hydrogen-bond acceptors (Lipinski definition) is 2. The minimum absolute atomic E-state index is 0. The number of guanidine groups is 1. The zero-order valence-corrected chi connectivity index (χ0v) is 18.5. The molecule has 2 atom stereocenters. The number of nitrogens with one attached hydrogen (secondary N) is 2. The number of halogens is 2. The second-order valence-electron chi connectivity index (χ2n) is 7.00. The van der Waals surface area contributed by atoms with Gasteiger partial charge >= 0.3 is 0 Å². The first-order valence-corrected chi connectivity index (χ1v) is 9.42. The molecule has 1 saturated heterocycles. The summed E-state index contributed by atoms with van der Waals surface area (Å²) in [6.07, 6.45) is 3.83. The minimum Gasteiger partial charge on any atom is -0.359 e. The quantitative estimate of drug-likeness (QED) is 0.387. The van der Waals surface area contributed by atoms with Crippen molar-refractivity contribution in [2.24, 2.45) is 10.9 Å². The molecule has 7 heteroatoms. The molecule has 0 aromatic heterocycles. The van der Waals surface area contributed by atoms with Crippen LogP contribution in [0.4, 0.5) is 0 Å². The van der Waals surface area contributed by atoms with Crippen LogP contribution in [0.25, 0.3) is 0 Å². The van der Waals surface area contributed by atoms with Gasteiger partial charge in [-0.3, -0.25) is 9.79 Å². The van der Waals surface area contributed by atoms with Crippen LogP contribution in [0.1, 0.15) is 37.2 Å². The fourth-order valence-electron chi connectivity index (χ4n) is 3.64. The van der Waals surface area contributed by atoms with Gasteiger partial charge in [-0.15, -0.1) is 24.0 Å². The molecular weight excluding hydrogens is 463 g/mol. The van der Waals surface area contributed by atoms with Crippen LogP contribution >= 0.6 is 35.6 Å². The molecule has 0 bridgehead atoms. The molecule has 1 aromatic rings. The molecule has 1 aliphatic heterocycles. The lowest BCUT2D eigenvalue weighted by molar-refractivity contribution is -0.121. The third-order valence-electron chi connectivity index (χ3n) is 5.26. The summed E-state index contributed by atoms with van der Waals surface area (Å²) >= 11 is 6.10. The van der Waals surface area contributed by atoms with E-state index in [1.165, 1.54) is 5.56 Å². The average molecular weight is 491 g/mol. The molecule has 0 spiro atoms. The first kappa shape index (κ1) is 21.3. The Bertz CT molecular complexity index is 646. The van der Waals surface area contributed by atoms with Gasteiger partial charge in [0.15, 0.2) is 5.96 Å². The first-order chi connectivity index (χ1) is 12.1. The van der Waals surface area contributed by atoms with Crippen molar-refractivity contribution in [2.45, 2.75) is 37.6 Å². The summed E-state index contributed by atoms with van der Waals surface area (Å²) < 4.78 is 0. The molecule has 2 fully saturated rings. The molecule has 1 amide bonds. The highest BCUT2D eigenvalue weighted by molar-refractivity contribution is 14.0. The predicted molar refractivity (Wildman–Crippen MR) is 117 cm³/mol. The highest BCUT2D eigenvalue weighted by Gasteiger charge is 2.40. The van der Waals surface area contributed by atoms with E-state index < -0.39 is 0 Å². The van der Waals surface area contributed by atoms with Crippen LogP contribution in [0, 0.1) is 5.92 Å². The molecule has 0 radical (unpaired) electrons. The van der Waals surface area contributed by atoms with E-state index in [9.17, 15) is 4.79 Å². The van der Waals surface area contributed by atoms with E-state index in [1.807, 2.05) is 19.2 Å². The van der Waals surface area contributed by atoms with E-state index in [1.54, 1.807) is 7.05 Å². The second kappa shape index (κ2) is 9.78. The highest BCUT2D eigenvalue weighted by Crippen LogP contribution is 2.41. The number of benzene rings is 1. The van der Waals surface area contributed by atoms with Crippen LogP contribution in [-0.4, -0.2) is 50.0 Å². The molecule has 1 aromatic carbocycles. The molecule has 1 saturated carbocycles. The Labute approximate surface area is 178 Å². The van der Waals surface area contributed by atoms with E-state index in [2.05, 4.69) is 32.7 Å². The van der Waals surface area contributed by atoms with Crippen LogP contribution in [-0.2, 0) is 4.79 Å². The normalized spacial score (nSPS) is 23.2. The second-order valence-corrected chi connectivity index (χ2v) is 7.44. The van der Waals surface area contributed by atoms with E-state index in [-0.39, 0.29) is 29.9 Å². The van der Waals surface area contributed by atoms with Crippen molar-refractivity contribution in [3.05, 3.63) is 34.9 Å². The van der Waals surface area contributed by atoms with Crippen molar-refractivity contribution in [2.75, 3.05) is 27.2 Å². The Kier molecular flexibility index (Phi) is 8.01. The van der Waals surface area contributed by atoms with Gasteiger partial charge in [0.05, 0.1) is 0 Å². The van der Waals surface area contributed by atoms with E-state index in [0.717, 1.165) is 43.3 Å². The van der Waals surface area contributed by atoms with Crippen molar-refractivity contribution in [1.82, 2.24) is 15.5 Å². The Morgan fingerprint density at radius 2 is 2.08 bits per heavy atom. The first-order valence-electron chi connectivity index (χ1n) is 9.05. The predicted octanol–water partition coefficient (Wildman–Crippen LogP) is 3.24. The lowest BCUT2D eigenvalue weighted by Crippen LogP contribution is -2.46. The number of piperidine rings is 1. The number of nitrogens with zero attached hydrogens (tertiary/aromatic N) is 2. The Balaban J connectivity index is 0.00000243. The molecule has 2 unspecified atom stereocenters. The zero-order valence-electron chi connectivity index (χ0n) is 15.4. The third-order valence-corrected chi connectivity index (χ3v) is 5.50. The van der Waals surface area contributed by atoms with Gasteiger partial charge in [0.1, 0.15) is 0 Å². The number of likely N-dealkylation sites (tertiary alicyclic amines) is 1. The maximum absolute atomic E-state index is 11.5. The number of hydrogen-bond donors (Lipinski definition) is 2. The molecule has 3 rings (SSSR count). The summed E-state index contributed by atoms with van der Waals surface area (Å²) in [5, 5.41) is 7.11. The van der Waals surface area contributed by atoms with Gasteiger partial charge in [-0.1, -0.05) is 23.7 Å². The fraction of sp³-hybridized carbons (Fsp3) is 0.579. The van der Waals surface area contributed by atoms with Crippen molar-refractivity contribution in [3.63, 3.8) is 0 Å². The number of rotatable bonds is 4. The highest BCUT2D eigenvalue weighted by atomic mass is 127. The van der Waals surface area contributed by atoms with Crippen molar-refractivity contribution in [1.29, 1.82) is 0 Å². The summed E-state index contributed by atoms with van der Waals surface area (Å²) in [7, 11) is 3.55. The van der Waals surface area contributed by atoms with Crippen LogP contribution in [0.15, 0.2) is 29.3 Å². The standard InChI is InChI=1S/C19H27ClN4O.HI/c1-21-18(25)10-13-6-8-24(9-7-13)19(22-2)23-17-12-16(17)14-4-3-5-15(20)11-14;/h3-5,11,13,16-17H,6-10,12H2,1-2H3,(H,21,25)(H,22,23);1H. The van der Waals surface area contributed by atoms with Gasteiger partial charge in [-0.2, -0.15) is 0 Å². The summed E-state index contributed by atoms with van der Waals surface area (Å²) in [5.41, 5.74) is 1.30. The van der Waals surface area contributed by atoms with Crippen LogP contribution in [0.2, 0.25) is 5.02 Å². The van der Waals surface area contributed by atoms with Crippen molar-refractivity contribution in [3.8, 4) is 0 Å². The minimum atomic E-state index is 0. The number of aliphatic imine (C=N–C) groups is 1. The monoisotopic (exact) mass is 490 g/mol. The van der Waals surface area contributed by atoms with Crippen LogP contribution in [0.5, 0.6) is 0 Å². The van der Waals surface area contributed by atoms with Crippen LogP contribution in [0.3, 0.4) is 0 Å². The molecular formula is C19H28ClIN4O. The van der Waals surface area contributed by atoms with Crippen LogP contribution < -0.4 is 10.6 Å². The molecule has 2 aliphatic rings. The number of carbonyl (C=O) groups excluding carboxylic acids is 1.